The van der Waals surface area contributed by atoms with Crippen molar-refractivity contribution in [1.82, 2.24) is 15.5 Å². The lowest BCUT2D eigenvalue weighted by Crippen LogP contribution is -2.55. The minimum atomic E-state index is -1.00. The third-order valence-corrected chi connectivity index (χ3v) is 5.24. The van der Waals surface area contributed by atoms with Gasteiger partial charge >= 0.3 is 6.03 Å². The van der Waals surface area contributed by atoms with Gasteiger partial charge in [0.25, 0.3) is 0 Å². The van der Waals surface area contributed by atoms with E-state index in [2.05, 4.69) is 24.5 Å². The van der Waals surface area contributed by atoms with E-state index in [1.807, 2.05) is 51.1 Å². The summed E-state index contributed by atoms with van der Waals surface area (Å²) in [6, 6.07) is 8.62. The second-order valence-corrected chi connectivity index (χ2v) is 10.2. The molecule has 33 heavy (non-hydrogen) atoms. The number of aliphatic hydroxyl groups is 1. The fourth-order valence-electron chi connectivity index (χ4n) is 3.24. The highest BCUT2D eigenvalue weighted by Gasteiger charge is 2.28. The fraction of sp³-hybridized carbons (Fsp3) is 0.640. The predicted octanol–water partition coefficient (Wildman–Crippen LogP) is 2.44. The standard InChI is InChI=1S/C25H42N4O4/c1-17(2)12-13-29(24(33)28-25(4,5)6)16-21(30)20(15-19-10-8-7-9-11-19)27-22(31)14-18(3)23(26)32/h7-11,17-18,20-21,30H,12-16H2,1-6H3,(H2,26,32)(H,27,31)(H,28,33). The first-order valence-electron chi connectivity index (χ1n) is 11.7. The van der Waals surface area contributed by atoms with Crippen LogP contribution in [0.25, 0.3) is 0 Å². The Bertz CT molecular complexity index is 761. The molecule has 0 aliphatic heterocycles. The Morgan fingerprint density at radius 1 is 1.09 bits per heavy atom. The van der Waals surface area contributed by atoms with Crippen LogP contribution in [0.5, 0.6) is 0 Å². The van der Waals surface area contributed by atoms with E-state index in [1.165, 1.54) is 0 Å². The van der Waals surface area contributed by atoms with Crippen molar-refractivity contribution >= 4 is 17.8 Å². The molecule has 0 fully saturated rings. The monoisotopic (exact) mass is 462 g/mol. The second-order valence-electron chi connectivity index (χ2n) is 10.2. The molecule has 0 aliphatic carbocycles. The number of hydrogen-bond acceptors (Lipinski definition) is 4. The number of hydrogen-bond donors (Lipinski definition) is 4. The number of nitrogens with two attached hydrogens (primary N) is 1. The molecule has 4 amide bonds. The van der Waals surface area contributed by atoms with Gasteiger partial charge in [-0.15, -0.1) is 0 Å². The Morgan fingerprint density at radius 3 is 2.21 bits per heavy atom. The average Bonchev–Trinajstić information content (AvgIpc) is 2.69. The maximum atomic E-state index is 12.9. The Kier molecular flexibility index (Phi) is 11.4. The van der Waals surface area contributed by atoms with Crippen LogP contribution in [0.1, 0.15) is 59.9 Å². The van der Waals surface area contributed by atoms with Gasteiger partial charge in [0.2, 0.25) is 11.8 Å². The van der Waals surface area contributed by atoms with E-state index in [-0.39, 0.29) is 24.9 Å². The molecule has 0 aliphatic rings. The first-order valence-corrected chi connectivity index (χ1v) is 11.7. The number of aliphatic hydroxyl groups excluding tert-OH is 1. The molecule has 0 aromatic heterocycles. The summed E-state index contributed by atoms with van der Waals surface area (Å²) in [5.74, 6) is -1.14. The zero-order valence-corrected chi connectivity index (χ0v) is 20.9. The van der Waals surface area contributed by atoms with Gasteiger partial charge in [-0.05, 0) is 45.1 Å². The number of primary amides is 1. The molecule has 0 bridgehead atoms. The zero-order valence-electron chi connectivity index (χ0n) is 20.9. The highest BCUT2D eigenvalue weighted by Crippen LogP contribution is 2.12. The van der Waals surface area contributed by atoms with E-state index in [0.717, 1.165) is 12.0 Å². The summed E-state index contributed by atoms with van der Waals surface area (Å²) in [4.78, 5) is 38.4. The number of urea groups is 1. The zero-order chi connectivity index (χ0) is 25.2. The summed E-state index contributed by atoms with van der Waals surface area (Å²) in [5.41, 5.74) is 5.81. The van der Waals surface area contributed by atoms with Crippen LogP contribution in [0.3, 0.4) is 0 Å². The van der Waals surface area contributed by atoms with E-state index in [9.17, 15) is 19.5 Å². The molecule has 3 atom stereocenters. The average molecular weight is 463 g/mol. The number of amides is 4. The normalized spacial score (nSPS) is 14.3. The molecule has 8 nitrogen and oxygen atoms in total. The van der Waals surface area contributed by atoms with Gasteiger partial charge < -0.3 is 26.4 Å². The first-order chi connectivity index (χ1) is 15.3. The first kappa shape index (κ1) is 28.4. The van der Waals surface area contributed by atoms with Crippen LogP contribution in [-0.4, -0.2) is 58.6 Å². The Balaban J connectivity index is 3.02. The smallest absolute Gasteiger partial charge is 0.317 e. The van der Waals surface area contributed by atoms with Crippen LogP contribution in [0.2, 0.25) is 0 Å². The second kappa shape index (κ2) is 13.2. The van der Waals surface area contributed by atoms with Crippen LogP contribution < -0.4 is 16.4 Å². The van der Waals surface area contributed by atoms with E-state index >= 15 is 0 Å². The SMILES string of the molecule is CC(C)CCN(CC(O)C(Cc1ccccc1)NC(=O)CC(C)C(N)=O)C(=O)NC(C)(C)C. The van der Waals surface area contributed by atoms with Gasteiger partial charge in [0.1, 0.15) is 0 Å². The van der Waals surface area contributed by atoms with Crippen molar-refractivity contribution in [2.75, 3.05) is 13.1 Å². The summed E-state index contributed by atoms with van der Waals surface area (Å²) in [5, 5.41) is 16.9. The van der Waals surface area contributed by atoms with Crippen molar-refractivity contribution in [2.24, 2.45) is 17.6 Å². The van der Waals surface area contributed by atoms with Crippen molar-refractivity contribution in [3.63, 3.8) is 0 Å². The maximum absolute atomic E-state index is 12.9. The number of benzene rings is 1. The molecule has 1 rings (SSSR count). The third kappa shape index (κ3) is 11.7. The summed E-state index contributed by atoms with van der Waals surface area (Å²) >= 11 is 0. The minimum Gasteiger partial charge on any atom is -0.389 e. The minimum absolute atomic E-state index is 0.0606. The largest absolute Gasteiger partial charge is 0.389 e. The van der Waals surface area contributed by atoms with Gasteiger partial charge in [0.05, 0.1) is 18.7 Å². The summed E-state index contributed by atoms with van der Waals surface area (Å²) in [6.45, 7) is 12.0. The molecule has 0 saturated heterocycles. The lowest BCUT2D eigenvalue weighted by atomic mass is 9.99. The van der Waals surface area contributed by atoms with Crippen molar-refractivity contribution in [1.29, 1.82) is 0 Å². The van der Waals surface area contributed by atoms with Crippen LogP contribution in [0, 0.1) is 11.8 Å². The maximum Gasteiger partial charge on any atom is 0.317 e. The summed E-state index contributed by atoms with van der Waals surface area (Å²) < 4.78 is 0. The van der Waals surface area contributed by atoms with Crippen LogP contribution >= 0.6 is 0 Å². The number of nitrogens with zero attached hydrogens (tertiary/aromatic N) is 1. The number of carbonyl (C=O) groups excluding carboxylic acids is 3. The van der Waals surface area contributed by atoms with Crippen molar-refractivity contribution < 1.29 is 19.5 Å². The van der Waals surface area contributed by atoms with Crippen molar-refractivity contribution in [3.05, 3.63) is 35.9 Å². The van der Waals surface area contributed by atoms with Gasteiger partial charge in [0, 0.05) is 24.4 Å². The van der Waals surface area contributed by atoms with E-state index in [4.69, 9.17) is 5.73 Å². The summed E-state index contributed by atoms with van der Waals surface area (Å²) in [6.07, 6.45) is 0.110. The number of rotatable bonds is 12. The molecule has 3 unspecified atom stereocenters. The molecular formula is C25H42N4O4. The molecule has 0 spiro atoms. The molecule has 0 saturated carbocycles. The van der Waals surface area contributed by atoms with Crippen LogP contribution in [0.4, 0.5) is 4.79 Å². The molecule has 0 heterocycles. The Hall–Kier alpha value is -2.61. The Morgan fingerprint density at radius 2 is 1.70 bits per heavy atom. The lowest BCUT2D eigenvalue weighted by Gasteiger charge is -2.33. The summed E-state index contributed by atoms with van der Waals surface area (Å²) in [7, 11) is 0. The van der Waals surface area contributed by atoms with Gasteiger partial charge in [-0.25, -0.2) is 4.79 Å². The van der Waals surface area contributed by atoms with Gasteiger partial charge in [-0.3, -0.25) is 9.59 Å². The van der Waals surface area contributed by atoms with Gasteiger partial charge in [-0.1, -0.05) is 51.1 Å². The molecule has 5 N–H and O–H groups in total. The van der Waals surface area contributed by atoms with Gasteiger partial charge in [-0.2, -0.15) is 0 Å². The fourth-order valence-corrected chi connectivity index (χ4v) is 3.24. The van der Waals surface area contributed by atoms with Crippen molar-refractivity contribution in [2.45, 2.75) is 78.5 Å². The molecular weight excluding hydrogens is 420 g/mol. The predicted molar refractivity (Wildman–Crippen MR) is 130 cm³/mol. The van der Waals surface area contributed by atoms with Crippen LogP contribution in [0.15, 0.2) is 30.3 Å². The molecule has 8 heteroatoms. The van der Waals surface area contributed by atoms with Crippen LogP contribution in [-0.2, 0) is 16.0 Å². The van der Waals surface area contributed by atoms with E-state index in [1.54, 1.807) is 11.8 Å². The Labute approximate surface area is 198 Å². The molecule has 1 aromatic carbocycles. The highest BCUT2D eigenvalue weighted by molar-refractivity contribution is 5.84. The number of nitrogens with one attached hydrogen (secondary N) is 2. The van der Waals surface area contributed by atoms with E-state index < -0.39 is 29.5 Å². The van der Waals surface area contributed by atoms with Gasteiger partial charge in [0.15, 0.2) is 0 Å². The molecule has 1 aromatic rings. The highest BCUT2D eigenvalue weighted by atomic mass is 16.3. The molecule has 0 radical (unpaired) electrons. The van der Waals surface area contributed by atoms with Crippen molar-refractivity contribution in [3.8, 4) is 0 Å². The quantitative estimate of drug-likeness (QED) is 0.381. The third-order valence-electron chi connectivity index (χ3n) is 5.24. The lowest BCUT2D eigenvalue weighted by molar-refractivity contribution is -0.128. The molecule has 186 valence electrons. The number of carbonyl (C=O) groups is 3. The topological polar surface area (TPSA) is 125 Å². The van der Waals surface area contributed by atoms with E-state index in [0.29, 0.717) is 18.9 Å².